The van der Waals surface area contributed by atoms with Gasteiger partial charge >= 0.3 is 0 Å². The van der Waals surface area contributed by atoms with Crippen LogP contribution in [0.1, 0.15) is 12.8 Å². The number of carbonyl (C=O) groups excluding carboxylic acids is 1. The van der Waals surface area contributed by atoms with E-state index in [4.69, 9.17) is 11.6 Å². The highest BCUT2D eigenvalue weighted by Gasteiger charge is 2.34. The Hall–Kier alpha value is -2.09. The van der Waals surface area contributed by atoms with Crippen LogP contribution in [0.25, 0.3) is 0 Å². The van der Waals surface area contributed by atoms with Crippen LogP contribution in [0, 0.1) is 5.92 Å². The first kappa shape index (κ1) is 21.2. The summed E-state index contributed by atoms with van der Waals surface area (Å²) >= 11 is 6.30. The van der Waals surface area contributed by atoms with Crippen molar-refractivity contribution < 1.29 is 13.2 Å². The quantitative estimate of drug-likeness (QED) is 0.722. The number of sulfonamides is 1. The van der Waals surface area contributed by atoms with Crippen LogP contribution in [-0.4, -0.2) is 62.8 Å². The van der Waals surface area contributed by atoms with E-state index in [1.165, 1.54) is 4.31 Å². The number of piperazine rings is 1. The SMILES string of the molecule is O=C(C1CCN(S(=O)(=O)c2ccccc2)CC1)N1CCN(c2ccccc2Cl)CC1. The molecule has 0 aliphatic carbocycles. The van der Waals surface area contributed by atoms with Crippen molar-refractivity contribution in [3.63, 3.8) is 0 Å². The molecule has 6 nitrogen and oxygen atoms in total. The van der Waals surface area contributed by atoms with Crippen LogP contribution in [0.4, 0.5) is 5.69 Å². The summed E-state index contributed by atoms with van der Waals surface area (Å²) in [6.45, 7) is 3.58. The fourth-order valence-corrected chi connectivity index (χ4v) is 5.96. The number of anilines is 1. The van der Waals surface area contributed by atoms with Gasteiger partial charge in [0, 0.05) is 45.2 Å². The lowest BCUT2D eigenvalue weighted by molar-refractivity contribution is -0.137. The molecule has 1 amide bonds. The zero-order valence-electron chi connectivity index (χ0n) is 16.8. The Morgan fingerprint density at radius 2 is 1.43 bits per heavy atom. The molecule has 0 spiro atoms. The van der Waals surface area contributed by atoms with Crippen molar-refractivity contribution in [3.8, 4) is 0 Å². The Balaban J connectivity index is 1.32. The minimum Gasteiger partial charge on any atom is -0.367 e. The number of halogens is 1. The molecule has 160 valence electrons. The summed E-state index contributed by atoms with van der Waals surface area (Å²) in [4.78, 5) is 17.4. The van der Waals surface area contributed by atoms with Crippen LogP contribution in [0.5, 0.6) is 0 Å². The Kier molecular flexibility index (Phi) is 6.32. The highest BCUT2D eigenvalue weighted by Crippen LogP contribution is 2.28. The smallest absolute Gasteiger partial charge is 0.243 e. The third-order valence-electron chi connectivity index (χ3n) is 5.97. The number of benzene rings is 2. The Labute approximate surface area is 183 Å². The first-order valence-corrected chi connectivity index (χ1v) is 12.1. The average Bonchev–Trinajstić information content (AvgIpc) is 2.80. The topological polar surface area (TPSA) is 60.9 Å². The van der Waals surface area contributed by atoms with Crippen LogP contribution in [0.2, 0.25) is 5.02 Å². The second-order valence-electron chi connectivity index (χ2n) is 7.76. The van der Waals surface area contributed by atoms with Gasteiger partial charge < -0.3 is 9.80 Å². The highest BCUT2D eigenvalue weighted by molar-refractivity contribution is 7.89. The Bertz CT molecular complexity index is 984. The molecule has 0 radical (unpaired) electrons. The van der Waals surface area contributed by atoms with Gasteiger partial charge in [-0.15, -0.1) is 0 Å². The van der Waals surface area contributed by atoms with Gasteiger partial charge in [-0.1, -0.05) is 41.9 Å². The standard InChI is InChI=1S/C22H26ClN3O3S/c23-20-8-4-5-9-21(20)24-14-16-25(17-15-24)22(27)18-10-12-26(13-11-18)30(28,29)19-6-2-1-3-7-19/h1-9,18H,10-17H2. The maximum atomic E-state index is 13.0. The van der Waals surface area contributed by atoms with E-state index in [-0.39, 0.29) is 11.8 Å². The number of hydrogen-bond donors (Lipinski definition) is 0. The van der Waals surface area contributed by atoms with Crippen molar-refractivity contribution in [2.75, 3.05) is 44.2 Å². The van der Waals surface area contributed by atoms with Crippen molar-refractivity contribution in [2.45, 2.75) is 17.7 Å². The molecule has 8 heteroatoms. The first-order valence-electron chi connectivity index (χ1n) is 10.3. The predicted molar refractivity (Wildman–Crippen MR) is 118 cm³/mol. The van der Waals surface area contributed by atoms with Gasteiger partial charge in [0.15, 0.2) is 0 Å². The van der Waals surface area contributed by atoms with Crippen molar-refractivity contribution in [2.24, 2.45) is 5.92 Å². The zero-order chi connectivity index (χ0) is 21.1. The van der Waals surface area contributed by atoms with Gasteiger partial charge in [0.25, 0.3) is 0 Å². The molecule has 2 aliphatic heterocycles. The Morgan fingerprint density at radius 1 is 0.833 bits per heavy atom. The van der Waals surface area contributed by atoms with Crippen molar-refractivity contribution in [1.82, 2.24) is 9.21 Å². The van der Waals surface area contributed by atoms with E-state index >= 15 is 0 Å². The third-order valence-corrected chi connectivity index (χ3v) is 8.20. The molecule has 2 saturated heterocycles. The van der Waals surface area contributed by atoms with Gasteiger partial charge in [-0.3, -0.25) is 4.79 Å². The number of piperidine rings is 1. The lowest BCUT2D eigenvalue weighted by atomic mass is 9.96. The minimum atomic E-state index is -3.49. The summed E-state index contributed by atoms with van der Waals surface area (Å²) in [5.74, 6) is 0.0321. The summed E-state index contributed by atoms with van der Waals surface area (Å²) in [5, 5.41) is 0.726. The van der Waals surface area contributed by atoms with E-state index in [9.17, 15) is 13.2 Å². The van der Waals surface area contributed by atoms with Crippen LogP contribution < -0.4 is 4.90 Å². The molecule has 2 heterocycles. The molecular formula is C22H26ClN3O3S. The molecule has 0 aromatic heterocycles. The molecule has 30 heavy (non-hydrogen) atoms. The molecule has 4 rings (SSSR count). The summed E-state index contributed by atoms with van der Waals surface area (Å²) in [5.41, 5.74) is 1.01. The molecule has 0 unspecified atom stereocenters. The molecule has 0 atom stereocenters. The van der Waals surface area contributed by atoms with Crippen molar-refractivity contribution in [3.05, 3.63) is 59.6 Å². The monoisotopic (exact) mass is 447 g/mol. The van der Waals surface area contributed by atoms with Crippen molar-refractivity contribution in [1.29, 1.82) is 0 Å². The average molecular weight is 448 g/mol. The van der Waals surface area contributed by atoms with E-state index in [1.54, 1.807) is 30.3 Å². The van der Waals surface area contributed by atoms with Crippen LogP contribution in [0.15, 0.2) is 59.5 Å². The van der Waals surface area contributed by atoms with Gasteiger partial charge in [0.2, 0.25) is 15.9 Å². The molecule has 0 saturated carbocycles. The first-order chi connectivity index (χ1) is 14.5. The summed E-state index contributed by atoms with van der Waals surface area (Å²) in [6.07, 6.45) is 1.13. The minimum absolute atomic E-state index is 0.112. The molecule has 2 aromatic carbocycles. The van der Waals surface area contributed by atoms with E-state index < -0.39 is 10.0 Å². The van der Waals surface area contributed by atoms with Crippen LogP contribution >= 0.6 is 11.6 Å². The van der Waals surface area contributed by atoms with E-state index in [2.05, 4.69) is 4.90 Å². The Morgan fingerprint density at radius 3 is 2.07 bits per heavy atom. The fourth-order valence-electron chi connectivity index (χ4n) is 4.22. The van der Waals surface area contributed by atoms with Gasteiger partial charge in [0.1, 0.15) is 0 Å². The largest absolute Gasteiger partial charge is 0.367 e. The van der Waals surface area contributed by atoms with Crippen LogP contribution in [-0.2, 0) is 14.8 Å². The number of hydrogen-bond acceptors (Lipinski definition) is 4. The number of carbonyl (C=O) groups is 1. The van der Waals surface area contributed by atoms with E-state index in [0.717, 1.165) is 23.8 Å². The normalized spacial score (nSPS) is 19.1. The van der Waals surface area contributed by atoms with Crippen molar-refractivity contribution >= 4 is 33.2 Å². The third kappa shape index (κ3) is 4.33. The van der Waals surface area contributed by atoms with Gasteiger partial charge in [-0.2, -0.15) is 4.31 Å². The molecule has 0 N–H and O–H groups in total. The highest BCUT2D eigenvalue weighted by atomic mass is 35.5. The van der Waals surface area contributed by atoms with Gasteiger partial charge in [0.05, 0.1) is 15.6 Å². The number of rotatable bonds is 4. The van der Waals surface area contributed by atoms with Crippen LogP contribution in [0.3, 0.4) is 0 Å². The molecule has 2 aliphatic rings. The maximum Gasteiger partial charge on any atom is 0.243 e. The number of nitrogens with zero attached hydrogens (tertiary/aromatic N) is 3. The van der Waals surface area contributed by atoms with Gasteiger partial charge in [-0.25, -0.2) is 8.42 Å². The lowest BCUT2D eigenvalue weighted by Crippen LogP contribution is -2.52. The molecule has 2 fully saturated rings. The molecule has 2 aromatic rings. The van der Waals surface area contributed by atoms with Gasteiger partial charge in [-0.05, 0) is 37.1 Å². The summed E-state index contributed by atoms with van der Waals surface area (Å²) in [6, 6.07) is 16.3. The number of amides is 1. The second kappa shape index (κ2) is 8.96. The molecular weight excluding hydrogens is 422 g/mol. The summed E-state index contributed by atoms with van der Waals surface area (Å²) < 4.78 is 27.1. The second-order valence-corrected chi connectivity index (χ2v) is 10.1. The predicted octanol–water partition coefficient (Wildman–Crippen LogP) is 3.09. The summed E-state index contributed by atoms with van der Waals surface area (Å²) in [7, 11) is -3.49. The van der Waals surface area contributed by atoms with E-state index in [1.807, 2.05) is 29.2 Å². The van der Waals surface area contributed by atoms with E-state index in [0.29, 0.717) is 43.9 Å². The fraction of sp³-hybridized carbons (Fsp3) is 0.409. The zero-order valence-corrected chi connectivity index (χ0v) is 18.4. The molecule has 0 bridgehead atoms. The number of para-hydroxylation sites is 1. The maximum absolute atomic E-state index is 13.0. The lowest BCUT2D eigenvalue weighted by Gasteiger charge is -2.39.